The van der Waals surface area contributed by atoms with Crippen LogP contribution in [0.5, 0.6) is 5.75 Å². The van der Waals surface area contributed by atoms with E-state index in [1.807, 2.05) is 97.1 Å². The number of anilines is 2. The third-order valence-corrected chi connectivity index (χ3v) is 7.55. The van der Waals surface area contributed by atoms with Crippen molar-refractivity contribution in [2.75, 3.05) is 10.2 Å². The molecule has 2 aliphatic rings. The van der Waals surface area contributed by atoms with E-state index in [0.29, 0.717) is 30.8 Å². The topological polar surface area (TPSA) is 58.6 Å². The lowest BCUT2D eigenvalue weighted by Crippen LogP contribution is -2.37. The second-order valence-corrected chi connectivity index (χ2v) is 10.1. The van der Waals surface area contributed by atoms with Crippen molar-refractivity contribution in [1.29, 1.82) is 0 Å². The largest absolute Gasteiger partial charge is 0.489 e. The summed E-state index contributed by atoms with van der Waals surface area (Å²) in [5, 5.41) is 3.58. The number of rotatable bonds is 5. The summed E-state index contributed by atoms with van der Waals surface area (Å²) in [4.78, 5) is 29.2. The molecule has 1 heterocycles. The summed E-state index contributed by atoms with van der Waals surface area (Å²) in [5.41, 5.74) is 6.02. The minimum absolute atomic E-state index is 0.0412. The monoisotopic (exact) mass is 514 g/mol. The van der Waals surface area contributed by atoms with E-state index >= 15 is 0 Å². The molecule has 2 atom stereocenters. The first kappa shape index (κ1) is 24.7. The van der Waals surface area contributed by atoms with Crippen molar-refractivity contribution in [1.82, 2.24) is 0 Å². The summed E-state index contributed by atoms with van der Waals surface area (Å²) >= 11 is 0. The van der Waals surface area contributed by atoms with Crippen molar-refractivity contribution >= 4 is 23.1 Å². The zero-order chi connectivity index (χ0) is 26.8. The van der Waals surface area contributed by atoms with Crippen molar-refractivity contribution < 1.29 is 14.3 Å². The van der Waals surface area contributed by atoms with Gasteiger partial charge in [0.25, 0.3) is 0 Å². The maximum absolute atomic E-state index is 14.1. The summed E-state index contributed by atoms with van der Waals surface area (Å²) in [7, 11) is 0. The number of allylic oxidation sites excluding steroid dienone is 1. The average molecular weight is 515 g/mol. The minimum atomic E-state index is -0.621. The van der Waals surface area contributed by atoms with Gasteiger partial charge in [-0.25, -0.2) is 0 Å². The van der Waals surface area contributed by atoms with Crippen LogP contribution in [0.3, 0.4) is 0 Å². The molecular weight excluding hydrogens is 484 g/mol. The number of Topliss-reactive ketones (excluding diaryl/α,β-unsaturated/α-hetero) is 1. The molecule has 0 saturated carbocycles. The lowest BCUT2D eigenvalue weighted by Gasteiger charge is -2.35. The normalized spacial score (nSPS) is 18.5. The fourth-order valence-electron chi connectivity index (χ4n) is 5.77. The molecule has 0 saturated heterocycles. The Morgan fingerprint density at radius 3 is 2.28 bits per heavy atom. The molecule has 0 bridgehead atoms. The molecule has 1 N–H and O–H groups in total. The first-order valence-corrected chi connectivity index (χ1v) is 13.3. The lowest BCUT2D eigenvalue weighted by atomic mass is 9.78. The van der Waals surface area contributed by atoms with E-state index in [0.717, 1.165) is 33.8 Å². The number of ether oxygens (including phenoxy) is 1. The third kappa shape index (κ3) is 4.84. The quantitative estimate of drug-likeness (QED) is 0.306. The van der Waals surface area contributed by atoms with Crippen LogP contribution < -0.4 is 15.0 Å². The van der Waals surface area contributed by atoms with E-state index in [9.17, 15) is 9.59 Å². The number of carbonyl (C=O) groups excluding carboxylic acids is 2. The van der Waals surface area contributed by atoms with E-state index in [1.54, 1.807) is 11.8 Å². The van der Waals surface area contributed by atoms with Gasteiger partial charge in [0.2, 0.25) is 5.91 Å². The highest BCUT2D eigenvalue weighted by atomic mass is 16.5. The van der Waals surface area contributed by atoms with Crippen molar-refractivity contribution in [2.24, 2.45) is 0 Å². The van der Waals surface area contributed by atoms with Gasteiger partial charge in [-0.1, -0.05) is 91.0 Å². The molecule has 1 amide bonds. The van der Waals surface area contributed by atoms with Crippen LogP contribution in [0.25, 0.3) is 0 Å². The number of benzene rings is 4. The first-order chi connectivity index (χ1) is 19.1. The fourth-order valence-corrected chi connectivity index (χ4v) is 5.77. The van der Waals surface area contributed by atoms with Crippen molar-refractivity contribution in [3.8, 4) is 5.75 Å². The Hall–Kier alpha value is -4.64. The van der Waals surface area contributed by atoms with Crippen LogP contribution in [-0.4, -0.2) is 11.7 Å². The summed E-state index contributed by atoms with van der Waals surface area (Å²) < 4.78 is 6.35. The molecule has 194 valence electrons. The zero-order valence-corrected chi connectivity index (χ0v) is 21.8. The Bertz CT molecular complexity index is 1550. The van der Waals surface area contributed by atoms with Crippen molar-refractivity contribution in [2.45, 2.75) is 38.3 Å². The van der Waals surface area contributed by atoms with E-state index in [2.05, 4.69) is 17.4 Å². The summed E-state index contributed by atoms with van der Waals surface area (Å²) in [6, 6.07) is 35.1. The van der Waals surface area contributed by atoms with Gasteiger partial charge < -0.3 is 10.1 Å². The van der Waals surface area contributed by atoms with Crippen LogP contribution >= 0.6 is 0 Å². The number of nitrogens with one attached hydrogen (secondary N) is 1. The molecule has 0 aromatic heterocycles. The Balaban J connectivity index is 1.49. The number of carbonyl (C=O) groups is 2. The fraction of sp³-hybridized carbons (Fsp3) is 0.176. The number of amides is 1. The van der Waals surface area contributed by atoms with E-state index in [1.165, 1.54) is 0 Å². The van der Waals surface area contributed by atoms with Crippen LogP contribution in [0.2, 0.25) is 0 Å². The zero-order valence-electron chi connectivity index (χ0n) is 21.8. The van der Waals surface area contributed by atoms with E-state index < -0.39 is 6.04 Å². The van der Waals surface area contributed by atoms with Gasteiger partial charge in [0.15, 0.2) is 5.78 Å². The Kier molecular flexibility index (Phi) is 6.72. The van der Waals surface area contributed by atoms with Gasteiger partial charge in [-0.15, -0.1) is 0 Å². The molecule has 1 aliphatic heterocycles. The first-order valence-electron chi connectivity index (χ1n) is 13.3. The van der Waals surface area contributed by atoms with Gasteiger partial charge >= 0.3 is 0 Å². The molecule has 0 spiro atoms. The van der Waals surface area contributed by atoms with E-state index in [4.69, 9.17) is 4.74 Å². The maximum Gasteiger partial charge on any atom is 0.224 e. The number of ketones is 1. The summed E-state index contributed by atoms with van der Waals surface area (Å²) in [5.74, 6) is 0.617. The summed E-state index contributed by atoms with van der Waals surface area (Å²) in [6.45, 7) is 1.94. The molecule has 39 heavy (non-hydrogen) atoms. The molecule has 4 aromatic rings. The minimum Gasteiger partial charge on any atom is -0.489 e. The molecule has 1 aliphatic carbocycles. The average Bonchev–Trinajstić information content (AvgIpc) is 3.12. The highest BCUT2D eigenvalue weighted by Crippen LogP contribution is 2.48. The molecule has 0 unspecified atom stereocenters. The van der Waals surface area contributed by atoms with Gasteiger partial charge in [-0.05, 0) is 41.7 Å². The highest BCUT2D eigenvalue weighted by Gasteiger charge is 2.41. The highest BCUT2D eigenvalue weighted by molar-refractivity contribution is 6.06. The number of hydrogen-bond donors (Lipinski definition) is 1. The van der Waals surface area contributed by atoms with Crippen molar-refractivity contribution in [3.05, 3.63) is 137 Å². The Labute approximate surface area is 228 Å². The second-order valence-electron chi connectivity index (χ2n) is 10.1. The standard InChI is InChI=1S/C34H30N2O3/c1-23(37)36-30-18-10-9-17-28(30)35-29-20-26(25-14-6-3-7-15-25)21-31(38)33(29)34(36)27-16-8-11-19-32(27)39-22-24-12-4-2-5-13-24/h2-19,26,34-35H,20-22H2,1H3/t26-,34+/m0/s1. The SMILES string of the molecule is CC(=O)N1c2ccccc2NC2=C(C(=O)C[C@@H](c3ccccc3)C2)[C@H]1c1ccccc1OCc1ccccc1. The summed E-state index contributed by atoms with van der Waals surface area (Å²) in [6.07, 6.45) is 1.06. The number of para-hydroxylation sites is 3. The van der Waals surface area contributed by atoms with Crippen LogP contribution in [0, 0.1) is 0 Å². The number of hydrogen-bond acceptors (Lipinski definition) is 4. The Morgan fingerprint density at radius 2 is 1.51 bits per heavy atom. The molecule has 0 fully saturated rings. The molecule has 0 radical (unpaired) electrons. The third-order valence-electron chi connectivity index (χ3n) is 7.55. The maximum atomic E-state index is 14.1. The van der Waals surface area contributed by atoms with Crippen LogP contribution in [0.1, 0.15) is 48.4 Å². The van der Waals surface area contributed by atoms with Crippen LogP contribution in [0.15, 0.2) is 120 Å². The predicted octanol–water partition coefficient (Wildman–Crippen LogP) is 7.19. The van der Waals surface area contributed by atoms with Crippen LogP contribution in [-0.2, 0) is 16.2 Å². The lowest BCUT2D eigenvalue weighted by molar-refractivity contribution is -0.117. The van der Waals surface area contributed by atoms with Gasteiger partial charge in [-0.3, -0.25) is 14.5 Å². The second kappa shape index (κ2) is 10.6. The molecule has 5 heteroatoms. The van der Waals surface area contributed by atoms with E-state index in [-0.39, 0.29) is 17.6 Å². The van der Waals surface area contributed by atoms with Crippen molar-refractivity contribution in [3.63, 3.8) is 0 Å². The van der Waals surface area contributed by atoms with Gasteiger partial charge in [-0.2, -0.15) is 0 Å². The van der Waals surface area contributed by atoms with Gasteiger partial charge in [0.1, 0.15) is 12.4 Å². The Morgan fingerprint density at radius 1 is 0.846 bits per heavy atom. The number of fused-ring (bicyclic) bond motifs is 1. The van der Waals surface area contributed by atoms with Gasteiger partial charge in [0.05, 0.1) is 17.4 Å². The molecule has 5 nitrogen and oxygen atoms in total. The predicted molar refractivity (Wildman–Crippen MR) is 154 cm³/mol. The molecular formula is C34H30N2O3. The number of nitrogens with zero attached hydrogens (tertiary/aromatic N) is 1. The molecule has 6 rings (SSSR count). The van der Waals surface area contributed by atoms with Gasteiger partial charge in [0, 0.05) is 30.2 Å². The molecule has 4 aromatic carbocycles. The smallest absolute Gasteiger partial charge is 0.224 e. The van der Waals surface area contributed by atoms with Crippen LogP contribution in [0.4, 0.5) is 11.4 Å².